The molecule has 0 atom stereocenters. The molecule has 1 amide bonds. The minimum absolute atomic E-state index is 0.0384. The van der Waals surface area contributed by atoms with Crippen LogP contribution in [0.3, 0.4) is 0 Å². The molecule has 0 bridgehead atoms. The molecule has 0 spiro atoms. The fraction of sp³-hybridized carbons (Fsp3) is 0.278. The van der Waals surface area contributed by atoms with E-state index in [0.717, 1.165) is 11.4 Å². The Morgan fingerprint density at radius 2 is 1.92 bits per heavy atom. The number of nitro groups is 1. The van der Waals surface area contributed by atoms with Crippen LogP contribution in [0.5, 0.6) is 0 Å². The number of benzene rings is 2. The van der Waals surface area contributed by atoms with Gasteiger partial charge in [-0.1, -0.05) is 18.2 Å². The third-order valence-corrected chi connectivity index (χ3v) is 4.20. The number of nitrogens with one attached hydrogen (secondary N) is 1. The largest absolute Gasteiger partial charge is 0.377 e. The van der Waals surface area contributed by atoms with Crippen LogP contribution in [-0.4, -0.2) is 22.9 Å². The molecule has 0 saturated carbocycles. The minimum atomic E-state index is -0.457. The molecule has 0 fully saturated rings. The predicted molar refractivity (Wildman–Crippen MR) is 93.7 cm³/mol. The summed E-state index contributed by atoms with van der Waals surface area (Å²) in [6.07, 6.45) is 0. The van der Waals surface area contributed by atoms with Crippen molar-refractivity contribution in [3.63, 3.8) is 0 Å². The molecule has 24 heavy (non-hydrogen) atoms. The highest BCUT2D eigenvalue weighted by Crippen LogP contribution is 2.35. The SMILES string of the molecule is Cc1c(C(=O)N2CC(C)(C)Nc3ccccc32)cccc1[N+](=O)[O-]. The molecule has 0 aromatic heterocycles. The van der Waals surface area contributed by atoms with Gasteiger partial charge in [-0.2, -0.15) is 0 Å². The van der Waals surface area contributed by atoms with E-state index in [-0.39, 0.29) is 17.1 Å². The van der Waals surface area contributed by atoms with E-state index in [9.17, 15) is 14.9 Å². The lowest BCUT2D eigenvalue weighted by atomic mass is 9.97. The average molecular weight is 325 g/mol. The molecule has 6 heteroatoms. The topological polar surface area (TPSA) is 75.5 Å². The van der Waals surface area contributed by atoms with Gasteiger partial charge in [-0.05, 0) is 39.0 Å². The number of para-hydroxylation sites is 2. The summed E-state index contributed by atoms with van der Waals surface area (Å²) < 4.78 is 0. The van der Waals surface area contributed by atoms with Crippen LogP contribution >= 0.6 is 0 Å². The molecular weight excluding hydrogens is 306 g/mol. The second-order valence-electron chi connectivity index (χ2n) is 6.62. The Balaban J connectivity index is 2.08. The van der Waals surface area contributed by atoms with Gasteiger partial charge in [-0.25, -0.2) is 0 Å². The van der Waals surface area contributed by atoms with Crippen molar-refractivity contribution in [2.24, 2.45) is 0 Å². The van der Waals surface area contributed by atoms with E-state index in [4.69, 9.17) is 0 Å². The van der Waals surface area contributed by atoms with Crippen LogP contribution in [0.1, 0.15) is 29.8 Å². The van der Waals surface area contributed by atoms with Gasteiger partial charge in [0.25, 0.3) is 11.6 Å². The van der Waals surface area contributed by atoms with Crippen molar-refractivity contribution < 1.29 is 9.72 Å². The Morgan fingerprint density at radius 1 is 1.21 bits per heavy atom. The van der Waals surface area contributed by atoms with Crippen LogP contribution in [0.4, 0.5) is 17.1 Å². The summed E-state index contributed by atoms with van der Waals surface area (Å²) in [4.78, 5) is 25.5. The molecule has 2 aromatic rings. The number of rotatable bonds is 2. The molecule has 124 valence electrons. The highest BCUT2D eigenvalue weighted by molar-refractivity contribution is 6.09. The Bertz CT molecular complexity index is 830. The molecule has 1 heterocycles. The summed E-state index contributed by atoms with van der Waals surface area (Å²) in [7, 11) is 0. The quantitative estimate of drug-likeness (QED) is 0.674. The maximum atomic E-state index is 13.1. The third-order valence-electron chi connectivity index (χ3n) is 4.20. The Kier molecular flexibility index (Phi) is 3.75. The Labute approximate surface area is 140 Å². The van der Waals surface area contributed by atoms with Gasteiger partial charge in [0.15, 0.2) is 0 Å². The summed E-state index contributed by atoms with van der Waals surface area (Å²) in [5.41, 5.74) is 2.08. The zero-order chi connectivity index (χ0) is 17.5. The lowest BCUT2D eigenvalue weighted by molar-refractivity contribution is -0.385. The number of fused-ring (bicyclic) bond motifs is 1. The standard InChI is InChI=1S/C18H19N3O3/c1-12-13(7-6-10-15(12)21(23)24)17(22)20-11-18(2,3)19-14-8-4-5-9-16(14)20/h4-10,19H,11H2,1-3H3. The predicted octanol–water partition coefficient (Wildman–Crippen LogP) is 3.75. The summed E-state index contributed by atoms with van der Waals surface area (Å²) in [6.45, 7) is 6.13. The number of anilines is 2. The summed E-state index contributed by atoms with van der Waals surface area (Å²) >= 11 is 0. The highest BCUT2D eigenvalue weighted by atomic mass is 16.6. The van der Waals surface area contributed by atoms with Crippen molar-refractivity contribution in [1.29, 1.82) is 0 Å². The second-order valence-corrected chi connectivity index (χ2v) is 6.62. The summed E-state index contributed by atoms with van der Waals surface area (Å²) in [5.74, 6) is -0.224. The van der Waals surface area contributed by atoms with Crippen molar-refractivity contribution in [2.45, 2.75) is 26.3 Å². The second kappa shape index (κ2) is 5.63. The van der Waals surface area contributed by atoms with Crippen molar-refractivity contribution in [3.8, 4) is 0 Å². The molecule has 3 rings (SSSR count). The van der Waals surface area contributed by atoms with E-state index >= 15 is 0 Å². The van der Waals surface area contributed by atoms with Gasteiger partial charge >= 0.3 is 0 Å². The molecular formula is C18H19N3O3. The van der Waals surface area contributed by atoms with E-state index in [1.165, 1.54) is 6.07 Å². The molecule has 1 aliphatic heterocycles. The van der Waals surface area contributed by atoms with Gasteiger partial charge in [0, 0.05) is 29.3 Å². The molecule has 2 aromatic carbocycles. The van der Waals surface area contributed by atoms with Crippen molar-refractivity contribution in [1.82, 2.24) is 0 Å². The van der Waals surface area contributed by atoms with Gasteiger partial charge in [0.1, 0.15) is 0 Å². The van der Waals surface area contributed by atoms with Gasteiger partial charge in [-0.3, -0.25) is 14.9 Å². The highest BCUT2D eigenvalue weighted by Gasteiger charge is 2.34. The van der Waals surface area contributed by atoms with Gasteiger partial charge in [-0.15, -0.1) is 0 Å². The molecule has 6 nitrogen and oxygen atoms in total. The maximum absolute atomic E-state index is 13.1. The van der Waals surface area contributed by atoms with E-state index in [1.807, 2.05) is 38.1 Å². The third kappa shape index (κ3) is 2.71. The monoisotopic (exact) mass is 325 g/mol. The fourth-order valence-corrected chi connectivity index (χ4v) is 3.08. The zero-order valence-electron chi connectivity index (χ0n) is 13.9. The molecule has 1 aliphatic rings. The number of nitro benzene ring substituents is 1. The van der Waals surface area contributed by atoms with Crippen molar-refractivity contribution in [3.05, 3.63) is 63.7 Å². The van der Waals surface area contributed by atoms with E-state index in [1.54, 1.807) is 24.0 Å². The molecule has 0 saturated heterocycles. The Hall–Kier alpha value is -2.89. The Morgan fingerprint density at radius 3 is 2.62 bits per heavy atom. The first kappa shape index (κ1) is 16.0. The van der Waals surface area contributed by atoms with Gasteiger partial charge in [0.05, 0.1) is 16.3 Å². The average Bonchev–Trinajstić information content (AvgIpc) is 2.52. The van der Waals surface area contributed by atoms with Crippen LogP contribution in [0.15, 0.2) is 42.5 Å². The lowest BCUT2D eigenvalue weighted by Crippen LogP contribution is -2.50. The zero-order valence-corrected chi connectivity index (χ0v) is 13.9. The van der Waals surface area contributed by atoms with E-state index in [2.05, 4.69) is 5.32 Å². The van der Waals surface area contributed by atoms with Crippen LogP contribution in [0.2, 0.25) is 0 Å². The number of nitrogens with zero attached hydrogens (tertiary/aromatic N) is 2. The van der Waals surface area contributed by atoms with Gasteiger partial charge < -0.3 is 10.2 Å². The first-order chi connectivity index (χ1) is 11.3. The van der Waals surface area contributed by atoms with Crippen LogP contribution in [0, 0.1) is 17.0 Å². The molecule has 1 N–H and O–H groups in total. The summed E-state index contributed by atoms with van der Waals surface area (Å²) in [5, 5.41) is 14.6. The smallest absolute Gasteiger partial charge is 0.273 e. The molecule has 0 aliphatic carbocycles. The normalized spacial score (nSPS) is 15.4. The lowest BCUT2D eigenvalue weighted by Gasteiger charge is -2.41. The first-order valence-electron chi connectivity index (χ1n) is 7.73. The maximum Gasteiger partial charge on any atom is 0.273 e. The van der Waals surface area contributed by atoms with E-state index < -0.39 is 4.92 Å². The fourth-order valence-electron chi connectivity index (χ4n) is 3.08. The molecule has 0 radical (unpaired) electrons. The number of amides is 1. The molecule has 0 unspecified atom stereocenters. The number of hydrogen-bond acceptors (Lipinski definition) is 4. The number of carbonyl (C=O) groups excluding carboxylic acids is 1. The first-order valence-corrected chi connectivity index (χ1v) is 7.73. The van der Waals surface area contributed by atoms with Gasteiger partial charge in [0.2, 0.25) is 0 Å². The number of hydrogen-bond donors (Lipinski definition) is 1. The van der Waals surface area contributed by atoms with Crippen LogP contribution < -0.4 is 10.2 Å². The van der Waals surface area contributed by atoms with Crippen molar-refractivity contribution in [2.75, 3.05) is 16.8 Å². The summed E-state index contributed by atoms with van der Waals surface area (Å²) in [6, 6.07) is 12.2. The number of carbonyl (C=O) groups is 1. The van der Waals surface area contributed by atoms with Crippen LogP contribution in [-0.2, 0) is 0 Å². The minimum Gasteiger partial charge on any atom is -0.377 e. The van der Waals surface area contributed by atoms with E-state index in [0.29, 0.717) is 17.7 Å². The van der Waals surface area contributed by atoms with Crippen LogP contribution in [0.25, 0.3) is 0 Å². The van der Waals surface area contributed by atoms with Crippen molar-refractivity contribution >= 4 is 23.0 Å².